The Balaban J connectivity index is 0.000000370. The fourth-order valence-electron chi connectivity index (χ4n) is 1.73. The Morgan fingerprint density at radius 1 is 1.05 bits per heavy atom. The van der Waals surface area contributed by atoms with Crippen LogP contribution in [0.1, 0.15) is 24.9 Å². The van der Waals surface area contributed by atoms with Crippen LogP contribution in [0.25, 0.3) is 0 Å². The molecular weight excluding hydrogens is 272 g/mol. The summed E-state index contributed by atoms with van der Waals surface area (Å²) in [5.74, 6) is 0. The van der Waals surface area contributed by atoms with Crippen molar-refractivity contribution in [2.45, 2.75) is 25.4 Å². The molecule has 0 saturated carbocycles. The summed E-state index contributed by atoms with van der Waals surface area (Å²) in [5.41, 5.74) is 12.4. The van der Waals surface area contributed by atoms with Gasteiger partial charge < -0.3 is 24.7 Å². The van der Waals surface area contributed by atoms with Crippen LogP contribution < -0.4 is 11.5 Å². The number of benzene rings is 1. The van der Waals surface area contributed by atoms with Crippen LogP contribution in [0.15, 0.2) is 30.3 Å². The maximum Gasteiger partial charge on any atom is 0.499 e. The lowest BCUT2D eigenvalue weighted by Crippen LogP contribution is -2.41. The van der Waals surface area contributed by atoms with Gasteiger partial charge in [-0.25, -0.2) is 0 Å². The summed E-state index contributed by atoms with van der Waals surface area (Å²) < 4.78 is 15.2. The largest absolute Gasteiger partial charge is 0.499 e. The van der Waals surface area contributed by atoms with Crippen molar-refractivity contribution in [3.8, 4) is 0 Å². The maximum absolute atomic E-state index is 5.83. The van der Waals surface area contributed by atoms with Crippen molar-refractivity contribution in [3.63, 3.8) is 0 Å². The molecule has 0 saturated heterocycles. The zero-order chi connectivity index (χ0) is 15.4. The monoisotopic (exact) mass is 300 g/mol. The molecule has 1 atom stereocenters. The first-order valence-corrected chi connectivity index (χ1v) is 8.68. The minimum Gasteiger partial charge on any atom is -0.377 e. The Labute approximate surface area is 123 Å². The molecule has 0 radical (unpaired) electrons. The Morgan fingerprint density at radius 3 is 1.85 bits per heavy atom. The van der Waals surface area contributed by atoms with Crippen LogP contribution in [0.2, 0.25) is 6.04 Å². The molecule has 0 fully saturated rings. The van der Waals surface area contributed by atoms with Gasteiger partial charge in [-0.2, -0.15) is 0 Å². The van der Waals surface area contributed by atoms with Crippen molar-refractivity contribution in [2.24, 2.45) is 11.5 Å². The number of rotatable bonds is 7. The average Bonchev–Trinajstić information content (AvgIpc) is 2.52. The second kappa shape index (κ2) is 11.0. The van der Waals surface area contributed by atoms with Crippen LogP contribution in [0.5, 0.6) is 0 Å². The van der Waals surface area contributed by atoms with E-state index in [0.29, 0.717) is 6.54 Å². The molecule has 4 N–H and O–H groups in total. The van der Waals surface area contributed by atoms with Gasteiger partial charge in [0.2, 0.25) is 0 Å². The van der Waals surface area contributed by atoms with E-state index in [2.05, 4.69) is 0 Å². The molecule has 1 unspecified atom stereocenters. The molecule has 1 aromatic rings. The lowest BCUT2D eigenvalue weighted by molar-refractivity contribution is 0.125. The second-order valence-corrected chi connectivity index (χ2v) is 7.54. The van der Waals surface area contributed by atoms with Gasteiger partial charge in [-0.1, -0.05) is 37.3 Å². The van der Waals surface area contributed by atoms with Gasteiger partial charge in [0.1, 0.15) is 0 Å². The van der Waals surface area contributed by atoms with E-state index >= 15 is 0 Å². The van der Waals surface area contributed by atoms with Gasteiger partial charge in [0.05, 0.1) is 0 Å². The van der Waals surface area contributed by atoms with Gasteiger partial charge in [0.15, 0.2) is 0 Å². The average molecular weight is 300 g/mol. The van der Waals surface area contributed by atoms with E-state index in [1.165, 1.54) is 0 Å². The molecule has 0 aliphatic heterocycles. The molecule has 0 aliphatic rings. The number of hydrogen-bond acceptors (Lipinski definition) is 5. The second-order valence-electron chi connectivity index (χ2n) is 4.24. The quantitative estimate of drug-likeness (QED) is 0.752. The molecule has 1 rings (SSSR count). The van der Waals surface area contributed by atoms with Gasteiger partial charge in [0, 0.05) is 33.4 Å². The molecule has 116 valence electrons. The van der Waals surface area contributed by atoms with E-state index in [4.69, 9.17) is 24.7 Å². The molecule has 0 spiro atoms. The van der Waals surface area contributed by atoms with Crippen molar-refractivity contribution in [1.82, 2.24) is 0 Å². The summed E-state index contributed by atoms with van der Waals surface area (Å²) >= 11 is 0. The van der Waals surface area contributed by atoms with Gasteiger partial charge in [-0.3, -0.25) is 0 Å². The van der Waals surface area contributed by atoms with E-state index in [1.54, 1.807) is 21.3 Å². The zero-order valence-corrected chi connectivity index (χ0v) is 14.0. The van der Waals surface area contributed by atoms with Gasteiger partial charge in [-0.15, -0.1) is 0 Å². The van der Waals surface area contributed by atoms with E-state index in [9.17, 15) is 0 Å². The summed E-state index contributed by atoms with van der Waals surface area (Å²) in [6.07, 6.45) is 0.851. The molecule has 0 heterocycles. The molecule has 0 amide bonds. The van der Waals surface area contributed by atoms with Gasteiger partial charge in [-0.05, 0) is 18.5 Å². The van der Waals surface area contributed by atoms with Crippen molar-refractivity contribution in [1.29, 1.82) is 0 Å². The molecule has 20 heavy (non-hydrogen) atoms. The third-order valence-corrected chi connectivity index (χ3v) is 5.80. The van der Waals surface area contributed by atoms with Crippen LogP contribution in [0, 0.1) is 0 Å². The number of nitrogens with two attached hydrogens (primary N) is 2. The molecule has 1 aromatic carbocycles. The fourth-order valence-corrected chi connectivity index (χ4v) is 3.10. The minimum atomic E-state index is -2.19. The lowest BCUT2D eigenvalue weighted by atomic mass is 10.1. The Morgan fingerprint density at radius 2 is 1.55 bits per heavy atom. The van der Waals surface area contributed by atoms with E-state index in [1.807, 2.05) is 37.3 Å². The summed E-state index contributed by atoms with van der Waals surface area (Å²) in [7, 11) is 2.65. The van der Waals surface area contributed by atoms with Crippen LogP contribution in [-0.2, 0) is 13.3 Å². The smallest absolute Gasteiger partial charge is 0.377 e. The van der Waals surface area contributed by atoms with Crippen molar-refractivity contribution in [3.05, 3.63) is 35.9 Å². The van der Waals surface area contributed by atoms with Crippen molar-refractivity contribution in [2.75, 3.05) is 27.9 Å². The molecular formula is C14H28N2O3Si. The van der Waals surface area contributed by atoms with E-state index < -0.39 is 8.80 Å². The zero-order valence-electron chi connectivity index (χ0n) is 13.0. The minimum absolute atomic E-state index is 0.0983. The van der Waals surface area contributed by atoms with Crippen LogP contribution >= 0.6 is 0 Å². The van der Waals surface area contributed by atoms with Gasteiger partial charge >= 0.3 is 8.80 Å². The first kappa shape index (κ1) is 19.2. The summed E-state index contributed by atoms with van der Waals surface area (Å²) in [5, 5.41) is 0. The fraction of sp³-hybridized carbons (Fsp3) is 0.571. The van der Waals surface area contributed by atoms with Crippen LogP contribution in [0.4, 0.5) is 0 Å². The normalized spacial score (nSPS) is 12.5. The summed E-state index contributed by atoms with van der Waals surface area (Å²) in [6.45, 7) is 2.64. The maximum atomic E-state index is 5.83. The molecule has 6 heteroatoms. The summed E-state index contributed by atoms with van der Waals surface area (Å²) in [6, 6.07) is 10.9. The standard InChI is InChI=1S/C9H14N2.C5H14O3Si/c10-7-6-9(11)8-4-2-1-3-5-8;1-5-9(6-2,7-3)8-4/h1-5,9H,6-7,10-11H2;5H2,1-4H3. The highest BCUT2D eigenvalue weighted by atomic mass is 28.4. The van der Waals surface area contributed by atoms with Gasteiger partial charge in [0.25, 0.3) is 0 Å². The highest BCUT2D eigenvalue weighted by molar-refractivity contribution is 6.60. The van der Waals surface area contributed by atoms with Crippen LogP contribution in [-0.4, -0.2) is 36.7 Å². The SMILES string of the molecule is CC[Si](OC)(OC)OC.NCCC(N)c1ccccc1. The Bertz CT molecular complexity index is 317. The van der Waals surface area contributed by atoms with Crippen LogP contribution in [0.3, 0.4) is 0 Å². The molecule has 5 nitrogen and oxygen atoms in total. The first-order chi connectivity index (χ1) is 9.59. The van der Waals surface area contributed by atoms with Crippen molar-refractivity contribution >= 4 is 8.80 Å². The third kappa shape index (κ3) is 6.60. The first-order valence-electron chi connectivity index (χ1n) is 6.75. The Hall–Kier alpha value is -0.763. The number of hydrogen-bond donors (Lipinski definition) is 2. The highest BCUT2D eigenvalue weighted by Gasteiger charge is 2.34. The summed E-state index contributed by atoms with van der Waals surface area (Å²) in [4.78, 5) is 0. The van der Waals surface area contributed by atoms with Crippen molar-refractivity contribution < 1.29 is 13.3 Å². The Kier molecular flexibility index (Phi) is 10.5. The topological polar surface area (TPSA) is 79.7 Å². The lowest BCUT2D eigenvalue weighted by Gasteiger charge is -2.22. The van der Waals surface area contributed by atoms with E-state index in [0.717, 1.165) is 18.0 Å². The van der Waals surface area contributed by atoms with E-state index in [-0.39, 0.29) is 6.04 Å². The molecule has 0 bridgehead atoms. The molecule has 0 aromatic heterocycles. The highest BCUT2D eigenvalue weighted by Crippen LogP contribution is 2.11. The molecule has 0 aliphatic carbocycles. The predicted octanol–water partition coefficient (Wildman–Crippen LogP) is 1.92. The third-order valence-electron chi connectivity index (χ3n) is 3.07. The predicted molar refractivity (Wildman–Crippen MR) is 84.3 cm³/mol.